The summed E-state index contributed by atoms with van der Waals surface area (Å²) in [6, 6.07) is 11.0. The number of carbonyl (C=O) groups is 1. The van der Waals surface area contributed by atoms with Crippen LogP contribution in [-0.2, 0) is 0 Å². The van der Waals surface area contributed by atoms with Gasteiger partial charge < -0.3 is 11.1 Å². The summed E-state index contributed by atoms with van der Waals surface area (Å²) >= 11 is 3.40. The van der Waals surface area contributed by atoms with Crippen molar-refractivity contribution in [3.05, 3.63) is 52.1 Å². The first-order chi connectivity index (χ1) is 10.0. The largest absolute Gasteiger partial charge is 0.399 e. The molecule has 0 aliphatic carbocycles. The van der Waals surface area contributed by atoms with Crippen LogP contribution in [0.1, 0.15) is 16.1 Å². The fourth-order valence-electron chi connectivity index (χ4n) is 2.15. The number of nitrogens with zero attached hydrogens (tertiary/aromatic N) is 1. The Bertz CT molecular complexity index is 841. The highest BCUT2D eigenvalue weighted by molar-refractivity contribution is 9.10. The highest BCUT2D eigenvalue weighted by Gasteiger charge is 2.15. The summed E-state index contributed by atoms with van der Waals surface area (Å²) in [6.45, 7) is 1.93. The maximum Gasteiger partial charge on any atom is 0.276 e. The van der Waals surface area contributed by atoms with Crippen molar-refractivity contribution in [3.8, 4) is 0 Å². The molecule has 21 heavy (non-hydrogen) atoms. The third kappa shape index (κ3) is 2.62. The molecule has 0 aliphatic heterocycles. The molecule has 0 atom stereocenters. The Kier molecular flexibility index (Phi) is 3.39. The van der Waals surface area contributed by atoms with E-state index in [4.69, 9.17) is 5.73 Å². The van der Waals surface area contributed by atoms with Crippen LogP contribution in [0.25, 0.3) is 10.9 Å². The third-order valence-corrected chi connectivity index (χ3v) is 3.73. The van der Waals surface area contributed by atoms with Gasteiger partial charge in [0.05, 0.1) is 5.52 Å². The van der Waals surface area contributed by atoms with Gasteiger partial charge in [0.1, 0.15) is 0 Å². The van der Waals surface area contributed by atoms with Crippen LogP contribution in [0.4, 0.5) is 11.4 Å². The van der Waals surface area contributed by atoms with E-state index in [2.05, 4.69) is 31.4 Å². The number of fused-ring (bicyclic) bond motifs is 1. The summed E-state index contributed by atoms with van der Waals surface area (Å²) in [6.07, 6.45) is 0. The number of aromatic nitrogens is 2. The Balaban J connectivity index is 1.95. The van der Waals surface area contributed by atoms with Crippen LogP contribution in [-0.4, -0.2) is 16.1 Å². The van der Waals surface area contributed by atoms with Crippen LogP contribution in [0, 0.1) is 6.92 Å². The molecule has 5 nitrogen and oxygen atoms in total. The Morgan fingerprint density at radius 1 is 1.29 bits per heavy atom. The monoisotopic (exact) mass is 344 g/mol. The van der Waals surface area contributed by atoms with Gasteiger partial charge in [0.15, 0.2) is 5.69 Å². The second kappa shape index (κ2) is 5.21. The molecule has 6 heteroatoms. The van der Waals surface area contributed by atoms with E-state index in [0.29, 0.717) is 16.8 Å². The van der Waals surface area contributed by atoms with Gasteiger partial charge in [0, 0.05) is 21.2 Å². The van der Waals surface area contributed by atoms with Crippen molar-refractivity contribution >= 4 is 44.1 Å². The van der Waals surface area contributed by atoms with Gasteiger partial charge in [0.2, 0.25) is 0 Å². The topological polar surface area (TPSA) is 83.8 Å². The number of nitrogens with two attached hydrogens (primary N) is 1. The number of hydrogen-bond acceptors (Lipinski definition) is 3. The average Bonchev–Trinajstić information content (AvgIpc) is 2.85. The van der Waals surface area contributed by atoms with Crippen LogP contribution in [0.3, 0.4) is 0 Å². The molecule has 2 aromatic carbocycles. The first-order valence-electron chi connectivity index (χ1n) is 6.36. The smallest absolute Gasteiger partial charge is 0.276 e. The van der Waals surface area contributed by atoms with Gasteiger partial charge in [-0.05, 0) is 48.9 Å². The molecular weight excluding hydrogens is 332 g/mol. The summed E-state index contributed by atoms with van der Waals surface area (Å²) in [4.78, 5) is 12.4. The molecule has 106 valence electrons. The lowest BCUT2D eigenvalue weighted by Gasteiger charge is -2.07. The number of nitrogen functional groups attached to an aromatic ring is 1. The van der Waals surface area contributed by atoms with E-state index in [1.54, 1.807) is 18.2 Å². The van der Waals surface area contributed by atoms with Gasteiger partial charge in [-0.1, -0.05) is 15.9 Å². The van der Waals surface area contributed by atoms with Gasteiger partial charge >= 0.3 is 0 Å². The molecule has 3 aromatic rings. The summed E-state index contributed by atoms with van der Waals surface area (Å²) < 4.78 is 0.969. The van der Waals surface area contributed by atoms with Gasteiger partial charge in [-0.2, -0.15) is 5.10 Å². The lowest BCUT2D eigenvalue weighted by atomic mass is 10.1. The highest BCUT2D eigenvalue weighted by atomic mass is 79.9. The zero-order valence-corrected chi connectivity index (χ0v) is 12.9. The molecule has 3 rings (SSSR count). The number of rotatable bonds is 2. The molecule has 0 bridgehead atoms. The molecule has 0 saturated heterocycles. The molecule has 0 spiro atoms. The quantitative estimate of drug-likeness (QED) is 0.622. The summed E-state index contributed by atoms with van der Waals surface area (Å²) in [7, 11) is 0. The molecule has 0 radical (unpaired) electrons. The normalized spacial score (nSPS) is 10.8. The minimum atomic E-state index is -0.266. The zero-order chi connectivity index (χ0) is 15.0. The van der Waals surface area contributed by atoms with E-state index in [1.807, 2.05) is 25.1 Å². The zero-order valence-electron chi connectivity index (χ0n) is 11.3. The fraction of sp³-hybridized carbons (Fsp3) is 0.0667. The Morgan fingerprint density at radius 3 is 2.86 bits per heavy atom. The third-order valence-electron chi connectivity index (χ3n) is 3.24. The minimum absolute atomic E-state index is 0.266. The van der Waals surface area contributed by atoms with Crippen molar-refractivity contribution in [1.29, 1.82) is 0 Å². The second-order valence-corrected chi connectivity index (χ2v) is 5.71. The van der Waals surface area contributed by atoms with E-state index in [9.17, 15) is 4.79 Å². The number of H-pyrrole nitrogens is 1. The average molecular weight is 345 g/mol. The molecule has 0 fully saturated rings. The van der Waals surface area contributed by atoms with Crippen LogP contribution in [0.5, 0.6) is 0 Å². The number of anilines is 2. The van der Waals surface area contributed by atoms with Crippen LogP contribution in [0.15, 0.2) is 40.9 Å². The van der Waals surface area contributed by atoms with E-state index in [0.717, 1.165) is 21.2 Å². The van der Waals surface area contributed by atoms with E-state index in [1.165, 1.54) is 0 Å². The Labute approximate surface area is 129 Å². The summed E-state index contributed by atoms with van der Waals surface area (Å²) in [5.74, 6) is -0.266. The molecular formula is C15H13BrN4O. The fourth-order valence-corrected chi connectivity index (χ4v) is 2.63. The van der Waals surface area contributed by atoms with E-state index >= 15 is 0 Å². The standard InChI is InChI=1S/C15H13BrN4O/c1-8-6-9(16)2-4-12(8)18-15(21)14-11-7-10(17)3-5-13(11)19-20-14/h2-7H,17H2,1H3,(H,18,21)(H,19,20). The highest BCUT2D eigenvalue weighted by Crippen LogP contribution is 2.23. The van der Waals surface area contributed by atoms with Gasteiger partial charge in [0.25, 0.3) is 5.91 Å². The summed E-state index contributed by atoms with van der Waals surface area (Å²) in [5, 5.41) is 10.5. The number of aromatic amines is 1. The lowest BCUT2D eigenvalue weighted by Crippen LogP contribution is -2.13. The van der Waals surface area contributed by atoms with Crippen molar-refractivity contribution in [1.82, 2.24) is 10.2 Å². The number of benzene rings is 2. The predicted octanol–water partition coefficient (Wildman–Crippen LogP) is 3.47. The molecule has 1 aromatic heterocycles. The maximum absolute atomic E-state index is 12.4. The van der Waals surface area contributed by atoms with E-state index in [-0.39, 0.29) is 5.91 Å². The number of carbonyl (C=O) groups excluding carboxylic acids is 1. The van der Waals surface area contributed by atoms with Crippen LogP contribution >= 0.6 is 15.9 Å². The number of nitrogens with one attached hydrogen (secondary N) is 2. The molecule has 0 unspecified atom stereocenters. The van der Waals surface area contributed by atoms with E-state index < -0.39 is 0 Å². The van der Waals surface area contributed by atoms with Crippen LogP contribution in [0.2, 0.25) is 0 Å². The molecule has 1 amide bonds. The van der Waals surface area contributed by atoms with Crippen molar-refractivity contribution in [2.45, 2.75) is 6.92 Å². The SMILES string of the molecule is Cc1cc(Br)ccc1NC(=O)c1n[nH]c2ccc(N)cc12. The number of aryl methyl sites for hydroxylation is 1. The molecule has 1 heterocycles. The van der Waals surface area contributed by atoms with Crippen molar-refractivity contribution in [2.24, 2.45) is 0 Å². The van der Waals surface area contributed by atoms with Crippen molar-refractivity contribution in [2.75, 3.05) is 11.1 Å². The number of hydrogen-bond donors (Lipinski definition) is 3. The predicted molar refractivity (Wildman–Crippen MR) is 87.3 cm³/mol. The van der Waals surface area contributed by atoms with Crippen LogP contribution < -0.4 is 11.1 Å². The number of amides is 1. The first-order valence-corrected chi connectivity index (χ1v) is 7.15. The lowest BCUT2D eigenvalue weighted by molar-refractivity contribution is 0.102. The Morgan fingerprint density at radius 2 is 2.10 bits per heavy atom. The van der Waals surface area contributed by atoms with Gasteiger partial charge in [-0.15, -0.1) is 0 Å². The second-order valence-electron chi connectivity index (χ2n) is 4.79. The summed E-state index contributed by atoms with van der Waals surface area (Å²) in [5.41, 5.74) is 9.20. The first kappa shape index (κ1) is 13.6. The number of halogens is 1. The molecule has 4 N–H and O–H groups in total. The van der Waals surface area contributed by atoms with Crippen molar-refractivity contribution < 1.29 is 4.79 Å². The molecule has 0 saturated carbocycles. The minimum Gasteiger partial charge on any atom is -0.399 e. The molecule has 0 aliphatic rings. The van der Waals surface area contributed by atoms with Gasteiger partial charge in [-0.25, -0.2) is 0 Å². The van der Waals surface area contributed by atoms with Crippen molar-refractivity contribution in [3.63, 3.8) is 0 Å². The Hall–Kier alpha value is -2.34. The maximum atomic E-state index is 12.4. The van der Waals surface area contributed by atoms with Gasteiger partial charge in [-0.3, -0.25) is 9.89 Å².